The van der Waals surface area contributed by atoms with Crippen molar-refractivity contribution in [1.82, 2.24) is 9.38 Å². The van der Waals surface area contributed by atoms with Gasteiger partial charge >= 0.3 is 5.97 Å². The molecule has 2 aromatic rings. The SMILES string of the molecule is Cc1nc(C)n2ccc(C(=O)O)cc12. The van der Waals surface area contributed by atoms with Crippen LogP contribution < -0.4 is 0 Å². The lowest BCUT2D eigenvalue weighted by molar-refractivity contribution is 0.0697. The Kier molecular flexibility index (Phi) is 1.77. The molecule has 4 heteroatoms. The smallest absolute Gasteiger partial charge is 0.335 e. The lowest BCUT2D eigenvalue weighted by atomic mass is 10.2. The summed E-state index contributed by atoms with van der Waals surface area (Å²) in [5.74, 6) is -0.0415. The Morgan fingerprint density at radius 1 is 1.50 bits per heavy atom. The zero-order valence-electron chi connectivity index (χ0n) is 7.98. The van der Waals surface area contributed by atoms with Crippen LogP contribution in [-0.4, -0.2) is 20.5 Å². The average molecular weight is 190 g/mol. The second-order valence-electron chi connectivity index (χ2n) is 3.22. The minimum atomic E-state index is -0.911. The molecule has 0 saturated heterocycles. The first kappa shape index (κ1) is 8.74. The Labute approximate surface area is 80.8 Å². The summed E-state index contributed by atoms with van der Waals surface area (Å²) in [5.41, 5.74) is 1.99. The van der Waals surface area contributed by atoms with E-state index >= 15 is 0 Å². The first-order valence-corrected chi connectivity index (χ1v) is 4.28. The molecule has 0 aliphatic heterocycles. The second kappa shape index (κ2) is 2.83. The maximum Gasteiger partial charge on any atom is 0.335 e. The molecular weight excluding hydrogens is 180 g/mol. The summed E-state index contributed by atoms with van der Waals surface area (Å²) in [6.07, 6.45) is 1.73. The molecule has 14 heavy (non-hydrogen) atoms. The van der Waals surface area contributed by atoms with Gasteiger partial charge in [0.1, 0.15) is 5.82 Å². The maximum atomic E-state index is 10.7. The van der Waals surface area contributed by atoms with Gasteiger partial charge in [-0.2, -0.15) is 0 Å². The van der Waals surface area contributed by atoms with E-state index in [1.807, 2.05) is 18.2 Å². The molecule has 72 valence electrons. The largest absolute Gasteiger partial charge is 0.478 e. The van der Waals surface area contributed by atoms with Gasteiger partial charge in [-0.1, -0.05) is 0 Å². The summed E-state index contributed by atoms with van der Waals surface area (Å²) >= 11 is 0. The number of pyridine rings is 1. The van der Waals surface area contributed by atoms with Crippen LogP contribution in [0.15, 0.2) is 18.3 Å². The summed E-state index contributed by atoms with van der Waals surface area (Å²) in [6.45, 7) is 3.76. The minimum absolute atomic E-state index is 0.292. The highest BCUT2D eigenvalue weighted by Gasteiger charge is 2.08. The van der Waals surface area contributed by atoms with Crippen LogP contribution in [0.2, 0.25) is 0 Å². The van der Waals surface area contributed by atoms with Crippen LogP contribution in [0.3, 0.4) is 0 Å². The van der Waals surface area contributed by atoms with Crippen molar-refractivity contribution < 1.29 is 9.90 Å². The molecule has 2 rings (SSSR count). The van der Waals surface area contributed by atoms with Gasteiger partial charge in [0.15, 0.2) is 0 Å². The fourth-order valence-corrected chi connectivity index (χ4v) is 1.55. The summed E-state index contributed by atoms with van der Waals surface area (Å²) in [5, 5.41) is 8.81. The van der Waals surface area contributed by atoms with Crippen molar-refractivity contribution in [1.29, 1.82) is 0 Å². The van der Waals surface area contributed by atoms with Crippen LogP contribution in [0, 0.1) is 13.8 Å². The van der Waals surface area contributed by atoms with Gasteiger partial charge in [-0.25, -0.2) is 9.78 Å². The average Bonchev–Trinajstić information content (AvgIpc) is 2.42. The maximum absolute atomic E-state index is 10.7. The molecule has 0 amide bonds. The quantitative estimate of drug-likeness (QED) is 0.743. The van der Waals surface area contributed by atoms with Crippen LogP contribution in [0.25, 0.3) is 5.52 Å². The third-order valence-corrected chi connectivity index (χ3v) is 2.25. The molecule has 0 atom stereocenters. The Morgan fingerprint density at radius 3 is 2.86 bits per heavy atom. The van der Waals surface area contributed by atoms with E-state index in [9.17, 15) is 4.79 Å². The number of fused-ring (bicyclic) bond motifs is 1. The standard InChI is InChI=1S/C10H10N2O2/c1-6-9-5-8(10(13)14)3-4-12(9)7(2)11-6/h3-5H,1-2H3,(H,13,14). The van der Waals surface area contributed by atoms with Crippen molar-refractivity contribution in [3.8, 4) is 0 Å². The van der Waals surface area contributed by atoms with E-state index in [0.29, 0.717) is 5.56 Å². The molecule has 0 bridgehead atoms. The molecular formula is C10H10N2O2. The number of rotatable bonds is 1. The second-order valence-corrected chi connectivity index (χ2v) is 3.22. The molecule has 0 spiro atoms. The highest BCUT2D eigenvalue weighted by Crippen LogP contribution is 2.13. The molecule has 0 aliphatic rings. The number of hydrogen-bond donors (Lipinski definition) is 1. The van der Waals surface area contributed by atoms with E-state index in [2.05, 4.69) is 4.98 Å². The molecule has 2 heterocycles. The minimum Gasteiger partial charge on any atom is -0.478 e. The van der Waals surface area contributed by atoms with E-state index in [0.717, 1.165) is 17.0 Å². The van der Waals surface area contributed by atoms with E-state index < -0.39 is 5.97 Å². The van der Waals surface area contributed by atoms with Gasteiger partial charge in [-0.3, -0.25) is 0 Å². The fraction of sp³-hybridized carbons (Fsp3) is 0.200. The van der Waals surface area contributed by atoms with E-state index in [1.54, 1.807) is 18.3 Å². The van der Waals surface area contributed by atoms with Gasteiger partial charge in [0.05, 0.1) is 16.8 Å². The van der Waals surface area contributed by atoms with Crippen LogP contribution in [-0.2, 0) is 0 Å². The number of carboxylic acid groups (broad SMARTS) is 1. The number of carboxylic acids is 1. The number of imidazole rings is 1. The fourth-order valence-electron chi connectivity index (χ4n) is 1.55. The Morgan fingerprint density at radius 2 is 2.21 bits per heavy atom. The highest BCUT2D eigenvalue weighted by molar-refractivity contribution is 5.89. The summed E-state index contributed by atoms with van der Waals surface area (Å²) in [4.78, 5) is 15.0. The molecule has 1 N–H and O–H groups in total. The number of aromatic nitrogens is 2. The summed E-state index contributed by atoms with van der Waals surface area (Å²) in [7, 11) is 0. The van der Waals surface area contributed by atoms with Crippen molar-refractivity contribution >= 4 is 11.5 Å². The molecule has 0 aliphatic carbocycles. The predicted molar refractivity (Wildman–Crippen MR) is 51.6 cm³/mol. The lowest BCUT2D eigenvalue weighted by Crippen LogP contribution is -1.97. The van der Waals surface area contributed by atoms with Gasteiger partial charge in [-0.05, 0) is 26.0 Å². The lowest BCUT2D eigenvalue weighted by Gasteiger charge is -1.98. The van der Waals surface area contributed by atoms with Gasteiger partial charge in [0.2, 0.25) is 0 Å². The third-order valence-electron chi connectivity index (χ3n) is 2.25. The number of carbonyl (C=O) groups is 1. The van der Waals surface area contributed by atoms with E-state index in [4.69, 9.17) is 5.11 Å². The van der Waals surface area contributed by atoms with E-state index in [-0.39, 0.29) is 0 Å². The number of nitrogens with zero attached hydrogens (tertiary/aromatic N) is 2. The zero-order valence-corrected chi connectivity index (χ0v) is 7.98. The summed E-state index contributed by atoms with van der Waals surface area (Å²) in [6, 6.07) is 3.21. The molecule has 4 nitrogen and oxygen atoms in total. The third kappa shape index (κ3) is 1.16. The molecule has 0 saturated carbocycles. The molecule has 2 aromatic heterocycles. The van der Waals surface area contributed by atoms with Crippen LogP contribution in [0.4, 0.5) is 0 Å². The Hall–Kier alpha value is -1.84. The molecule has 0 fully saturated rings. The van der Waals surface area contributed by atoms with Crippen molar-refractivity contribution in [2.45, 2.75) is 13.8 Å². The zero-order chi connectivity index (χ0) is 10.3. The first-order chi connectivity index (χ1) is 6.59. The van der Waals surface area contributed by atoms with Gasteiger partial charge in [-0.15, -0.1) is 0 Å². The first-order valence-electron chi connectivity index (χ1n) is 4.28. The van der Waals surface area contributed by atoms with Crippen molar-refractivity contribution in [2.24, 2.45) is 0 Å². The molecule has 0 unspecified atom stereocenters. The normalized spacial score (nSPS) is 10.7. The topological polar surface area (TPSA) is 54.6 Å². The van der Waals surface area contributed by atoms with Crippen LogP contribution >= 0.6 is 0 Å². The van der Waals surface area contributed by atoms with E-state index in [1.165, 1.54) is 0 Å². The van der Waals surface area contributed by atoms with Crippen molar-refractivity contribution in [2.75, 3.05) is 0 Å². The molecule has 0 radical (unpaired) electrons. The number of hydrogen-bond acceptors (Lipinski definition) is 2. The van der Waals surface area contributed by atoms with Gasteiger partial charge < -0.3 is 9.51 Å². The van der Waals surface area contributed by atoms with Crippen LogP contribution in [0.1, 0.15) is 21.9 Å². The Bertz CT molecular complexity index is 514. The Balaban J connectivity index is 2.77. The molecule has 0 aromatic carbocycles. The number of aromatic carboxylic acids is 1. The summed E-state index contributed by atoms with van der Waals surface area (Å²) < 4.78 is 1.88. The van der Waals surface area contributed by atoms with Crippen molar-refractivity contribution in [3.05, 3.63) is 35.4 Å². The van der Waals surface area contributed by atoms with Gasteiger partial charge in [0.25, 0.3) is 0 Å². The van der Waals surface area contributed by atoms with Crippen LogP contribution in [0.5, 0.6) is 0 Å². The van der Waals surface area contributed by atoms with Crippen molar-refractivity contribution in [3.63, 3.8) is 0 Å². The highest BCUT2D eigenvalue weighted by atomic mass is 16.4. The number of aryl methyl sites for hydroxylation is 2. The predicted octanol–water partition coefficient (Wildman–Crippen LogP) is 1.65. The van der Waals surface area contributed by atoms with Gasteiger partial charge in [0, 0.05) is 6.20 Å². The monoisotopic (exact) mass is 190 g/mol.